The summed E-state index contributed by atoms with van der Waals surface area (Å²) in [5, 5.41) is 13.8. The quantitative estimate of drug-likeness (QED) is 0.771. The minimum Gasteiger partial charge on any atom is -0.478 e. The van der Waals surface area contributed by atoms with Crippen molar-refractivity contribution in [2.24, 2.45) is 0 Å². The molecule has 0 fully saturated rings. The highest BCUT2D eigenvalue weighted by atomic mass is 19.1. The molecule has 0 aliphatic rings. The van der Waals surface area contributed by atoms with E-state index in [9.17, 15) is 14.3 Å². The summed E-state index contributed by atoms with van der Waals surface area (Å²) in [6, 6.07) is 13.0. The number of halogens is 1. The van der Waals surface area contributed by atoms with Gasteiger partial charge in [0.25, 0.3) is 0 Å². The zero-order valence-corrected chi connectivity index (χ0v) is 11.6. The van der Waals surface area contributed by atoms with Crippen molar-refractivity contribution in [2.45, 2.75) is 6.54 Å². The third-order valence-electron chi connectivity index (χ3n) is 3.39. The highest BCUT2D eigenvalue weighted by Crippen LogP contribution is 2.25. The Morgan fingerprint density at radius 3 is 2.64 bits per heavy atom. The lowest BCUT2D eigenvalue weighted by atomic mass is 10.1. The van der Waals surface area contributed by atoms with E-state index in [1.54, 1.807) is 36.5 Å². The van der Waals surface area contributed by atoms with Crippen molar-refractivity contribution in [3.63, 3.8) is 0 Å². The van der Waals surface area contributed by atoms with Crippen LogP contribution in [0.2, 0.25) is 0 Å². The zero-order valence-electron chi connectivity index (χ0n) is 11.6. The topological polar surface area (TPSA) is 62.2 Å². The molecule has 1 aromatic heterocycles. The van der Waals surface area contributed by atoms with Crippen molar-refractivity contribution in [1.29, 1.82) is 0 Å². The SMILES string of the molecule is O=C(O)c1cccc2ccnc(NCc3ccc(F)cc3)c12. The molecule has 22 heavy (non-hydrogen) atoms. The average Bonchev–Trinajstić information content (AvgIpc) is 2.53. The van der Waals surface area contributed by atoms with E-state index >= 15 is 0 Å². The highest BCUT2D eigenvalue weighted by molar-refractivity contribution is 6.08. The number of nitrogens with one attached hydrogen (secondary N) is 1. The van der Waals surface area contributed by atoms with Gasteiger partial charge >= 0.3 is 5.97 Å². The third kappa shape index (κ3) is 2.74. The molecule has 4 nitrogen and oxygen atoms in total. The average molecular weight is 296 g/mol. The van der Waals surface area contributed by atoms with Crippen LogP contribution in [0.5, 0.6) is 0 Å². The number of benzene rings is 2. The van der Waals surface area contributed by atoms with E-state index in [0.29, 0.717) is 17.7 Å². The molecule has 0 unspecified atom stereocenters. The number of pyridine rings is 1. The Hall–Kier alpha value is -2.95. The van der Waals surface area contributed by atoms with Crippen LogP contribution in [0.4, 0.5) is 10.2 Å². The summed E-state index contributed by atoms with van der Waals surface area (Å²) < 4.78 is 12.9. The van der Waals surface area contributed by atoms with Gasteiger partial charge in [0.2, 0.25) is 0 Å². The molecule has 0 atom stereocenters. The Kier molecular flexibility index (Phi) is 3.70. The molecular formula is C17H13FN2O2. The Balaban J connectivity index is 1.96. The molecule has 110 valence electrons. The smallest absolute Gasteiger partial charge is 0.336 e. The van der Waals surface area contributed by atoms with E-state index in [0.717, 1.165) is 10.9 Å². The van der Waals surface area contributed by atoms with Crippen LogP contribution in [0.1, 0.15) is 15.9 Å². The van der Waals surface area contributed by atoms with E-state index in [1.807, 2.05) is 6.07 Å². The van der Waals surface area contributed by atoms with Crippen molar-refractivity contribution in [1.82, 2.24) is 4.98 Å². The maximum atomic E-state index is 12.9. The van der Waals surface area contributed by atoms with Crippen molar-refractivity contribution in [2.75, 3.05) is 5.32 Å². The van der Waals surface area contributed by atoms with Crippen molar-refractivity contribution in [3.8, 4) is 0 Å². The molecule has 2 N–H and O–H groups in total. The first-order valence-corrected chi connectivity index (χ1v) is 6.74. The minimum atomic E-state index is -0.997. The number of anilines is 1. The second-order valence-electron chi connectivity index (χ2n) is 4.85. The molecule has 3 aromatic rings. The Labute approximate surface area is 126 Å². The predicted octanol–water partition coefficient (Wildman–Crippen LogP) is 3.68. The number of carboxylic acid groups (broad SMARTS) is 1. The standard InChI is InChI=1S/C17H13FN2O2/c18-13-6-4-11(5-7-13)10-20-16-15-12(8-9-19-16)2-1-3-14(15)17(21)22/h1-9H,10H2,(H,19,20)(H,21,22). The summed E-state index contributed by atoms with van der Waals surface area (Å²) in [7, 11) is 0. The fraction of sp³-hybridized carbons (Fsp3) is 0.0588. The fourth-order valence-electron chi connectivity index (χ4n) is 2.33. The first-order chi connectivity index (χ1) is 10.6. The molecule has 5 heteroatoms. The number of carbonyl (C=O) groups is 1. The Morgan fingerprint density at radius 2 is 1.91 bits per heavy atom. The van der Waals surface area contributed by atoms with Crippen LogP contribution in [0.3, 0.4) is 0 Å². The summed E-state index contributed by atoms with van der Waals surface area (Å²) in [6.07, 6.45) is 1.63. The van der Waals surface area contributed by atoms with Gasteiger partial charge in [-0.2, -0.15) is 0 Å². The Morgan fingerprint density at radius 1 is 1.14 bits per heavy atom. The van der Waals surface area contributed by atoms with Crippen molar-refractivity contribution >= 4 is 22.6 Å². The highest BCUT2D eigenvalue weighted by Gasteiger charge is 2.12. The summed E-state index contributed by atoms with van der Waals surface area (Å²) in [4.78, 5) is 15.6. The molecule has 0 aliphatic heterocycles. The first-order valence-electron chi connectivity index (χ1n) is 6.74. The number of aromatic nitrogens is 1. The van der Waals surface area contributed by atoms with Crippen molar-refractivity contribution < 1.29 is 14.3 Å². The van der Waals surface area contributed by atoms with Crippen LogP contribution in [-0.2, 0) is 6.54 Å². The molecule has 0 saturated heterocycles. The van der Waals surface area contributed by atoms with Gasteiger partial charge in [-0.3, -0.25) is 0 Å². The largest absolute Gasteiger partial charge is 0.478 e. The van der Waals surface area contributed by atoms with Gasteiger partial charge in [0.1, 0.15) is 11.6 Å². The molecule has 0 spiro atoms. The lowest BCUT2D eigenvalue weighted by Crippen LogP contribution is -2.05. The van der Waals surface area contributed by atoms with E-state index in [1.165, 1.54) is 12.1 Å². The van der Waals surface area contributed by atoms with E-state index < -0.39 is 5.97 Å². The Bertz CT molecular complexity index is 826. The molecular weight excluding hydrogens is 283 g/mol. The molecule has 1 heterocycles. The van der Waals surface area contributed by atoms with Crippen molar-refractivity contribution in [3.05, 3.63) is 71.7 Å². The molecule has 0 radical (unpaired) electrons. The molecule has 0 bridgehead atoms. The molecule has 3 rings (SSSR count). The van der Waals surface area contributed by atoms with Crippen LogP contribution >= 0.6 is 0 Å². The number of rotatable bonds is 4. The van der Waals surface area contributed by atoms with Crippen LogP contribution in [0.25, 0.3) is 10.8 Å². The molecule has 0 saturated carbocycles. The predicted molar refractivity (Wildman–Crippen MR) is 82.4 cm³/mol. The van der Waals surface area contributed by atoms with E-state index in [-0.39, 0.29) is 11.4 Å². The molecule has 2 aromatic carbocycles. The maximum absolute atomic E-state index is 12.9. The van der Waals surface area contributed by atoms with Crippen LogP contribution in [-0.4, -0.2) is 16.1 Å². The second kappa shape index (κ2) is 5.81. The summed E-state index contributed by atoms with van der Waals surface area (Å²) in [5.74, 6) is -0.788. The number of carboxylic acids is 1. The van der Waals surface area contributed by atoms with Crippen LogP contribution in [0, 0.1) is 5.82 Å². The number of hydrogen-bond donors (Lipinski definition) is 2. The first kappa shape index (κ1) is 14.0. The van der Waals surface area contributed by atoms with Gasteiger partial charge in [-0.25, -0.2) is 14.2 Å². The van der Waals surface area contributed by atoms with Crippen LogP contribution in [0.15, 0.2) is 54.7 Å². The van der Waals surface area contributed by atoms with Gasteiger partial charge < -0.3 is 10.4 Å². The van der Waals surface area contributed by atoms with Gasteiger partial charge in [0.05, 0.1) is 5.56 Å². The van der Waals surface area contributed by atoms with E-state index in [2.05, 4.69) is 10.3 Å². The van der Waals surface area contributed by atoms with Gasteiger partial charge in [0.15, 0.2) is 0 Å². The van der Waals surface area contributed by atoms with Gasteiger partial charge in [0, 0.05) is 18.1 Å². The number of fused-ring (bicyclic) bond motifs is 1. The monoisotopic (exact) mass is 296 g/mol. The summed E-state index contributed by atoms with van der Waals surface area (Å²) in [5.41, 5.74) is 1.08. The normalized spacial score (nSPS) is 10.6. The minimum absolute atomic E-state index is 0.201. The molecule has 0 amide bonds. The number of aromatic carboxylic acids is 1. The summed E-state index contributed by atoms with van der Waals surface area (Å²) in [6.45, 7) is 0.431. The summed E-state index contributed by atoms with van der Waals surface area (Å²) >= 11 is 0. The third-order valence-corrected chi connectivity index (χ3v) is 3.39. The number of nitrogens with zero attached hydrogens (tertiary/aromatic N) is 1. The van der Waals surface area contributed by atoms with Gasteiger partial charge in [-0.1, -0.05) is 24.3 Å². The van der Waals surface area contributed by atoms with Gasteiger partial charge in [-0.05, 0) is 35.2 Å². The van der Waals surface area contributed by atoms with E-state index in [4.69, 9.17) is 0 Å². The zero-order chi connectivity index (χ0) is 15.5. The second-order valence-corrected chi connectivity index (χ2v) is 4.85. The van der Waals surface area contributed by atoms with Crippen LogP contribution < -0.4 is 5.32 Å². The maximum Gasteiger partial charge on any atom is 0.336 e. The van der Waals surface area contributed by atoms with Gasteiger partial charge in [-0.15, -0.1) is 0 Å². The lowest BCUT2D eigenvalue weighted by molar-refractivity contribution is 0.0699. The lowest BCUT2D eigenvalue weighted by Gasteiger charge is -2.11. The number of hydrogen-bond acceptors (Lipinski definition) is 3. The molecule has 0 aliphatic carbocycles. The fourth-order valence-corrected chi connectivity index (χ4v) is 2.33.